The smallest absolute Gasteiger partial charge is 0.462 e. The number of allylic oxidation sites excluding steroid dienone is 1. The number of carbonyl (C=O) groups is 4. The van der Waals surface area contributed by atoms with Crippen LogP contribution in [0.5, 0.6) is 0 Å². The third-order valence-corrected chi connectivity index (χ3v) is 10.2. The molecule has 0 aliphatic carbocycles. The predicted molar refractivity (Wildman–Crippen MR) is 232 cm³/mol. The fraction of sp³-hybridized carbons (Fsp3) is 0.851. The zero-order chi connectivity index (χ0) is 42.2. The summed E-state index contributed by atoms with van der Waals surface area (Å²) in [6.07, 6.45) is 31.5. The van der Waals surface area contributed by atoms with E-state index in [1.807, 2.05) is 25.1 Å². The molecule has 0 unspecified atom stereocenters. The lowest BCUT2D eigenvalue weighted by atomic mass is 10.0. The first kappa shape index (κ1) is 54.1. The van der Waals surface area contributed by atoms with Crippen LogP contribution in [0.15, 0.2) is 11.6 Å². The number of rotatable bonds is 40. The quantitative estimate of drug-likeness (QED) is 0.0258. The maximum absolute atomic E-state index is 12.9. The third-order valence-electron chi connectivity index (χ3n) is 10.2. The molecule has 0 aromatic heterocycles. The molecule has 10 heteroatoms. The van der Waals surface area contributed by atoms with E-state index >= 15 is 0 Å². The fourth-order valence-corrected chi connectivity index (χ4v) is 6.50. The summed E-state index contributed by atoms with van der Waals surface area (Å²) in [7, 11) is 3.82. The molecule has 0 aromatic carbocycles. The first-order valence-electron chi connectivity index (χ1n) is 23.1. The first-order valence-corrected chi connectivity index (χ1v) is 23.1. The summed E-state index contributed by atoms with van der Waals surface area (Å²) in [5.74, 6) is -1.84. The molecule has 1 atom stereocenters. The van der Waals surface area contributed by atoms with Crippen molar-refractivity contribution in [2.75, 3.05) is 40.5 Å². The van der Waals surface area contributed by atoms with Crippen molar-refractivity contribution >= 4 is 23.9 Å². The van der Waals surface area contributed by atoms with Crippen LogP contribution in [0.25, 0.3) is 4.85 Å². The second-order valence-corrected chi connectivity index (χ2v) is 16.1. The molecule has 0 saturated carbocycles. The Labute approximate surface area is 348 Å². The van der Waals surface area contributed by atoms with Crippen LogP contribution in [0, 0.1) is 6.57 Å². The Morgan fingerprint density at radius 1 is 0.526 bits per heavy atom. The van der Waals surface area contributed by atoms with E-state index in [-0.39, 0.29) is 31.8 Å². The Kier molecular flexibility index (Phi) is 36.6. The van der Waals surface area contributed by atoms with E-state index in [0.29, 0.717) is 32.2 Å². The van der Waals surface area contributed by atoms with Gasteiger partial charge in [-0.3, -0.25) is 14.4 Å². The van der Waals surface area contributed by atoms with Gasteiger partial charge >= 0.3 is 29.6 Å². The number of hydrogen-bond donors (Lipinski definition) is 0. The molecule has 0 heterocycles. The van der Waals surface area contributed by atoms with Gasteiger partial charge in [0.15, 0.2) is 0 Å². The summed E-state index contributed by atoms with van der Waals surface area (Å²) in [6, 6.07) is 0. The molecule has 10 nitrogen and oxygen atoms in total. The Morgan fingerprint density at radius 3 is 1.42 bits per heavy atom. The van der Waals surface area contributed by atoms with Gasteiger partial charge in [0.2, 0.25) is 13.2 Å². The maximum atomic E-state index is 12.9. The maximum Gasteiger partial charge on any atom is 0.491 e. The number of nitrogens with zero attached hydrogens (tertiary/aromatic N) is 2. The highest BCUT2D eigenvalue weighted by atomic mass is 16.6. The van der Waals surface area contributed by atoms with E-state index in [1.165, 1.54) is 83.5 Å². The van der Waals surface area contributed by atoms with Crippen LogP contribution in [0.4, 0.5) is 0 Å². The number of ether oxygens (including phenoxy) is 4. The molecule has 0 rings (SSSR count). The second kappa shape index (κ2) is 38.6. The zero-order valence-corrected chi connectivity index (χ0v) is 37.4. The number of unbranched alkanes of at least 4 members (excludes halogenated alkanes) is 21. The molecule has 0 spiro atoms. The van der Waals surface area contributed by atoms with Gasteiger partial charge in [0.1, 0.15) is 0 Å². The fourth-order valence-electron chi connectivity index (χ4n) is 6.50. The third kappa shape index (κ3) is 33.7. The summed E-state index contributed by atoms with van der Waals surface area (Å²) in [5, 5.41) is 0. The summed E-state index contributed by atoms with van der Waals surface area (Å²) >= 11 is 0. The van der Waals surface area contributed by atoms with Crippen LogP contribution < -0.4 is 0 Å². The molecule has 0 aliphatic rings. The van der Waals surface area contributed by atoms with Crippen LogP contribution in [0.3, 0.4) is 0 Å². The lowest BCUT2D eigenvalue weighted by molar-refractivity contribution is -0.177. The highest BCUT2D eigenvalue weighted by molar-refractivity contribution is 5.88. The molecule has 57 heavy (non-hydrogen) atoms. The summed E-state index contributed by atoms with van der Waals surface area (Å²) in [5.41, 5.74) is -1.09. The monoisotopic (exact) mass is 806 g/mol. The van der Waals surface area contributed by atoms with Crippen molar-refractivity contribution in [1.82, 2.24) is 4.90 Å². The largest absolute Gasteiger partial charge is 0.491 e. The van der Waals surface area contributed by atoms with Gasteiger partial charge in [0, 0.05) is 24.8 Å². The minimum Gasteiger partial charge on any atom is -0.462 e. The molecule has 0 fully saturated rings. The van der Waals surface area contributed by atoms with Crippen molar-refractivity contribution in [3.8, 4) is 6.57 Å². The van der Waals surface area contributed by atoms with Crippen LogP contribution in [0.2, 0.25) is 0 Å². The standard InChI is InChI=1S/C47H85N2O8/c1-7-10-13-16-18-19-20-21-22-23-24-26-29-35-43(50)55-40-47(48-4,57-45(52)37-32-38-49(5)6)41-56-44(51)36-30-31-39-54-46(53)42(33-27-15-12-9-3)34-28-25-17-14-11-8-2/h4,33H,7-32,34-41H2,1-3,5-6H3/q+1/b42-33+/t47-/m1/s1. The lowest BCUT2D eigenvalue weighted by Gasteiger charge is -2.19. The van der Waals surface area contributed by atoms with Gasteiger partial charge in [-0.05, 0) is 76.9 Å². The molecule has 0 bridgehead atoms. The minimum absolute atomic E-state index is 0.0608. The number of esters is 4. The van der Waals surface area contributed by atoms with Gasteiger partial charge in [-0.25, -0.2) is 4.79 Å². The van der Waals surface area contributed by atoms with Gasteiger partial charge in [0.25, 0.3) is 6.57 Å². The summed E-state index contributed by atoms with van der Waals surface area (Å²) < 4.78 is 22.1. The van der Waals surface area contributed by atoms with Gasteiger partial charge in [-0.15, -0.1) is 0 Å². The van der Waals surface area contributed by atoms with Crippen molar-refractivity contribution < 1.29 is 38.1 Å². The Hall–Kier alpha value is -2.93. The minimum atomic E-state index is -1.85. The van der Waals surface area contributed by atoms with Gasteiger partial charge in [-0.1, -0.05) is 149 Å². The molecule has 0 aromatic rings. The second-order valence-electron chi connectivity index (χ2n) is 16.1. The summed E-state index contributed by atoms with van der Waals surface area (Å²) in [6.45, 7) is 12.3. The molecular weight excluding hydrogens is 721 g/mol. The van der Waals surface area contributed by atoms with Crippen molar-refractivity contribution in [3.05, 3.63) is 16.5 Å². The van der Waals surface area contributed by atoms with Crippen molar-refractivity contribution in [1.29, 1.82) is 0 Å². The zero-order valence-electron chi connectivity index (χ0n) is 37.4. The van der Waals surface area contributed by atoms with Crippen LogP contribution in [-0.2, 0) is 38.1 Å². The number of hydrogen-bond acceptors (Lipinski definition) is 9. The Balaban J connectivity index is 4.81. The average Bonchev–Trinajstić information content (AvgIpc) is 3.19. The van der Waals surface area contributed by atoms with E-state index in [2.05, 4.69) is 25.6 Å². The van der Waals surface area contributed by atoms with Crippen molar-refractivity contribution in [2.24, 2.45) is 0 Å². The van der Waals surface area contributed by atoms with E-state index < -0.39 is 36.8 Å². The molecule has 0 aliphatic heterocycles. The average molecular weight is 806 g/mol. The molecule has 0 radical (unpaired) electrons. The Morgan fingerprint density at radius 2 is 0.947 bits per heavy atom. The first-order chi connectivity index (χ1) is 27.6. The normalized spacial score (nSPS) is 12.5. The van der Waals surface area contributed by atoms with Crippen molar-refractivity contribution in [2.45, 2.75) is 219 Å². The van der Waals surface area contributed by atoms with Crippen LogP contribution >= 0.6 is 0 Å². The molecule has 330 valence electrons. The topological polar surface area (TPSA) is 113 Å². The van der Waals surface area contributed by atoms with E-state index in [0.717, 1.165) is 69.8 Å². The van der Waals surface area contributed by atoms with E-state index in [9.17, 15) is 19.2 Å². The molecule has 0 N–H and O–H groups in total. The van der Waals surface area contributed by atoms with Crippen LogP contribution in [-0.4, -0.2) is 75.0 Å². The SMILES string of the molecule is C#[N+][C@@](COC(=O)CCCCCCCCCCCCCCC)(COC(=O)CCCCOC(=O)/C(=C/CCCCC)CCCCCCCC)OC(=O)CCCN(C)C. The Bertz CT molecular complexity index is 1100. The van der Waals surface area contributed by atoms with Gasteiger partial charge < -0.3 is 23.8 Å². The van der Waals surface area contributed by atoms with Gasteiger partial charge in [0.05, 0.1) is 6.61 Å². The van der Waals surface area contributed by atoms with E-state index in [4.69, 9.17) is 25.5 Å². The molecule has 0 amide bonds. The predicted octanol–water partition coefficient (Wildman–Crippen LogP) is 12.1. The van der Waals surface area contributed by atoms with Gasteiger partial charge in [-0.2, -0.15) is 0 Å². The highest BCUT2D eigenvalue weighted by Gasteiger charge is 2.49. The molecular formula is C47H85N2O8+. The number of carbonyl (C=O) groups excluding carboxylic acids is 4. The molecule has 0 saturated heterocycles. The van der Waals surface area contributed by atoms with Crippen LogP contribution in [0.1, 0.15) is 213 Å². The van der Waals surface area contributed by atoms with Crippen molar-refractivity contribution in [3.63, 3.8) is 0 Å². The van der Waals surface area contributed by atoms with E-state index in [1.54, 1.807) is 0 Å². The summed E-state index contributed by atoms with van der Waals surface area (Å²) in [4.78, 5) is 56.8. The lowest BCUT2D eigenvalue weighted by Crippen LogP contribution is -2.43. The highest BCUT2D eigenvalue weighted by Crippen LogP contribution is 2.20.